The molecule has 122 valence electrons. The van der Waals surface area contributed by atoms with Crippen LogP contribution in [0.5, 0.6) is 0 Å². The van der Waals surface area contributed by atoms with Gasteiger partial charge in [-0.05, 0) is 18.1 Å². The van der Waals surface area contributed by atoms with Crippen LogP contribution < -0.4 is 10.6 Å². The Labute approximate surface area is 131 Å². The van der Waals surface area contributed by atoms with Gasteiger partial charge in [0.1, 0.15) is 18.2 Å². The number of carbonyl (C=O) groups excluding carboxylic acids is 2. The molecule has 2 amide bonds. The van der Waals surface area contributed by atoms with Gasteiger partial charge in [0.05, 0.1) is 11.9 Å². The predicted octanol–water partition coefficient (Wildman–Crippen LogP) is 1.48. The minimum absolute atomic E-state index is 0.0448. The molecule has 6 nitrogen and oxygen atoms in total. The van der Waals surface area contributed by atoms with E-state index >= 15 is 0 Å². The smallest absolute Gasteiger partial charge is 0.241 e. The number of anilines is 1. The minimum Gasteiger partial charge on any atom is -0.358 e. The number of rotatable bonds is 6. The fraction of sp³-hybridized carbons (Fsp3) is 0.267. The SMILES string of the molecule is CNC(=O)Cn1cc(NC(=O)CCc2ccc(F)cc2F)cn1. The number of hydrogen-bond acceptors (Lipinski definition) is 3. The highest BCUT2D eigenvalue weighted by molar-refractivity contribution is 5.90. The summed E-state index contributed by atoms with van der Waals surface area (Å²) in [5.41, 5.74) is 0.718. The Hall–Kier alpha value is -2.77. The van der Waals surface area contributed by atoms with Gasteiger partial charge >= 0.3 is 0 Å². The summed E-state index contributed by atoms with van der Waals surface area (Å²) in [5, 5.41) is 9.00. The summed E-state index contributed by atoms with van der Waals surface area (Å²) in [7, 11) is 1.52. The van der Waals surface area contributed by atoms with Gasteiger partial charge in [-0.3, -0.25) is 14.3 Å². The van der Waals surface area contributed by atoms with Crippen LogP contribution >= 0.6 is 0 Å². The number of aryl methyl sites for hydroxylation is 1. The molecule has 0 atom stereocenters. The number of likely N-dealkylation sites (N-methyl/N-ethyl adjacent to an activating group) is 1. The molecule has 0 saturated carbocycles. The Bertz CT molecular complexity index is 715. The maximum Gasteiger partial charge on any atom is 0.241 e. The molecule has 0 saturated heterocycles. The largest absolute Gasteiger partial charge is 0.358 e. The second-order valence-electron chi connectivity index (χ2n) is 4.88. The zero-order valence-electron chi connectivity index (χ0n) is 12.5. The topological polar surface area (TPSA) is 76.0 Å². The summed E-state index contributed by atoms with van der Waals surface area (Å²) in [6, 6.07) is 3.26. The first-order chi connectivity index (χ1) is 11.0. The predicted molar refractivity (Wildman–Crippen MR) is 79.6 cm³/mol. The molecule has 1 aromatic heterocycles. The van der Waals surface area contributed by atoms with Gasteiger partial charge in [-0.2, -0.15) is 5.10 Å². The van der Waals surface area contributed by atoms with Gasteiger partial charge in [-0.15, -0.1) is 0 Å². The zero-order chi connectivity index (χ0) is 16.8. The van der Waals surface area contributed by atoms with E-state index in [4.69, 9.17) is 0 Å². The minimum atomic E-state index is -0.670. The fourth-order valence-corrected chi connectivity index (χ4v) is 1.94. The molecule has 1 aromatic carbocycles. The fourth-order valence-electron chi connectivity index (χ4n) is 1.94. The third-order valence-electron chi connectivity index (χ3n) is 3.14. The number of nitrogens with one attached hydrogen (secondary N) is 2. The lowest BCUT2D eigenvalue weighted by Crippen LogP contribution is -2.23. The van der Waals surface area contributed by atoms with E-state index in [9.17, 15) is 18.4 Å². The highest BCUT2D eigenvalue weighted by Crippen LogP contribution is 2.12. The molecule has 2 N–H and O–H groups in total. The van der Waals surface area contributed by atoms with E-state index in [0.29, 0.717) is 5.69 Å². The first-order valence-corrected chi connectivity index (χ1v) is 6.94. The number of nitrogens with zero attached hydrogens (tertiary/aromatic N) is 2. The molecular weight excluding hydrogens is 306 g/mol. The Morgan fingerprint density at radius 2 is 2.04 bits per heavy atom. The molecule has 0 fully saturated rings. The van der Waals surface area contributed by atoms with Crippen molar-refractivity contribution in [1.29, 1.82) is 0 Å². The Morgan fingerprint density at radius 3 is 2.74 bits per heavy atom. The van der Waals surface area contributed by atoms with Crippen molar-refractivity contribution in [3.8, 4) is 0 Å². The van der Waals surface area contributed by atoms with Crippen LogP contribution in [0.15, 0.2) is 30.6 Å². The van der Waals surface area contributed by atoms with Crippen LogP contribution in [0.4, 0.5) is 14.5 Å². The van der Waals surface area contributed by atoms with Crippen molar-refractivity contribution >= 4 is 17.5 Å². The van der Waals surface area contributed by atoms with E-state index in [1.807, 2.05) is 0 Å². The van der Waals surface area contributed by atoms with Gasteiger partial charge in [-0.1, -0.05) is 6.07 Å². The maximum absolute atomic E-state index is 13.5. The van der Waals surface area contributed by atoms with Gasteiger partial charge in [-0.25, -0.2) is 8.78 Å². The van der Waals surface area contributed by atoms with Crippen molar-refractivity contribution < 1.29 is 18.4 Å². The standard InChI is InChI=1S/C15H16F2N4O2/c1-18-15(23)9-21-8-12(7-19-21)20-14(22)5-3-10-2-4-11(16)6-13(10)17/h2,4,6-8H,3,5,9H2,1H3,(H,18,23)(H,20,22). The Balaban J connectivity index is 1.86. The van der Waals surface area contributed by atoms with Crippen LogP contribution in [0.3, 0.4) is 0 Å². The van der Waals surface area contributed by atoms with Crippen molar-refractivity contribution in [3.05, 3.63) is 47.8 Å². The monoisotopic (exact) mass is 322 g/mol. The third-order valence-corrected chi connectivity index (χ3v) is 3.14. The first kappa shape index (κ1) is 16.6. The van der Waals surface area contributed by atoms with Crippen molar-refractivity contribution in [2.45, 2.75) is 19.4 Å². The van der Waals surface area contributed by atoms with E-state index in [1.165, 1.54) is 30.2 Å². The van der Waals surface area contributed by atoms with Crippen LogP contribution in [0.2, 0.25) is 0 Å². The lowest BCUT2D eigenvalue weighted by molar-refractivity contribution is -0.121. The highest BCUT2D eigenvalue weighted by Gasteiger charge is 2.09. The molecule has 2 aromatic rings. The van der Waals surface area contributed by atoms with Gasteiger partial charge in [0.15, 0.2) is 0 Å². The van der Waals surface area contributed by atoms with Crippen molar-refractivity contribution in [2.24, 2.45) is 0 Å². The van der Waals surface area contributed by atoms with Crippen molar-refractivity contribution in [3.63, 3.8) is 0 Å². The third kappa shape index (κ3) is 4.87. The van der Waals surface area contributed by atoms with Crippen LogP contribution in [0.1, 0.15) is 12.0 Å². The van der Waals surface area contributed by atoms with E-state index in [2.05, 4.69) is 15.7 Å². The zero-order valence-corrected chi connectivity index (χ0v) is 12.5. The molecule has 0 aliphatic rings. The second kappa shape index (κ2) is 7.48. The molecule has 23 heavy (non-hydrogen) atoms. The summed E-state index contributed by atoms with van der Waals surface area (Å²) in [6.45, 7) is 0.0488. The number of halogens is 2. The van der Waals surface area contributed by atoms with Gasteiger partial charge in [0, 0.05) is 25.7 Å². The lowest BCUT2D eigenvalue weighted by Gasteiger charge is -2.04. The van der Waals surface area contributed by atoms with Crippen LogP contribution in [0, 0.1) is 11.6 Å². The lowest BCUT2D eigenvalue weighted by atomic mass is 10.1. The quantitative estimate of drug-likeness (QED) is 0.846. The summed E-state index contributed by atoms with van der Waals surface area (Å²) in [5.74, 6) is -1.86. The van der Waals surface area contributed by atoms with Crippen LogP contribution in [0.25, 0.3) is 0 Å². The summed E-state index contributed by atoms with van der Waals surface area (Å²) in [6.07, 6.45) is 3.14. The summed E-state index contributed by atoms with van der Waals surface area (Å²) >= 11 is 0. The molecule has 0 aliphatic heterocycles. The van der Waals surface area contributed by atoms with Crippen LogP contribution in [-0.4, -0.2) is 28.6 Å². The van der Waals surface area contributed by atoms with Gasteiger partial charge in [0.2, 0.25) is 11.8 Å². The average molecular weight is 322 g/mol. The second-order valence-corrected chi connectivity index (χ2v) is 4.88. The summed E-state index contributed by atoms with van der Waals surface area (Å²) < 4.78 is 27.6. The van der Waals surface area contributed by atoms with E-state index < -0.39 is 11.6 Å². The molecule has 8 heteroatoms. The number of aromatic nitrogens is 2. The Kier molecular flexibility index (Phi) is 5.40. The maximum atomic E-state index is 13.5. The van der Waals surface area contributed by atoms with Crippen molar-refractivity contribution in [1.82, 2.24) is 15.1 Å². The van der Waals surface area contributed by atoms with Gasteiger partial charge < -0.3 is 10.6 Å². The highest BCUT2D eigenvalue weighted by atomic mass is 19.1. The molecular formula is C15H16F2N4O2. The molecule has 0 unspecified atom stereocenters. The summed E-state index contributed by atoms with van der Waals surface area (Å²) in [4.78, 5) is 23.0. The molecule has 0 bridgehead atoms. The van der Waals surface area contributed by atoms with Gasteiger partial charge in [0.25, 0.3) is 0 Å². The number of carbonyl (C=O) groups is 2. The molecule has 1 heterocycles. The molecule has 0 spiro atoms. The molecule has 0 aliphatic carbocycles. The van der Waals surface area contributed by atoms with E-state index in [-0.39, 0.29) is 36.8 Å². The Morgan fingerprint density at radius 1 is 1.26 bits per heavy atom. The first-order valence-electron chi connectivity index (χ1n) is 6.94. The normalized spacial score (nSPS) is 10.4. The van der Waals surface area contributed by atoms with E-state index in [1.54, 1.807) is 0 Å². The molecule has 2 rings (SSSR count). The van der Waals surface area contributed by atoms with E-state index in [0.717, 1.165) is 12.1 Å². The number of benzene rings is 1. The number of amides is 2. The average Bonchev–Trinajstić information content (AvgIpc) is 2.93. The molecule has 0 radical (unpaired) electrons. The van der Waals surface area contributed by atoms with Crippen LogP contribution in [-0.2, 0) is 22.6 Å². The number of hydrogen-bond donors (Lipinski definition) is 2. The van der Waals surface area contributed by atoms with Crippen molar-refractivity contribution in [2.75, 3.05) is 12.4 Å².